The van der Waals surface area contributed by atoms with Crippen molar-refractivity contribution < 1.29 is 24.2 Å². The molecule has 1 aromatic rings. The van der Waals surface area contributed by atoms with Crippen molar-refractivity contribution in [1.82, 2.24) is 4.90 Å². The average Bonchev–Trinajstić information content (AvgIpc) is 2.51. The molecule has 8 heteroatoms. The van der Waals surface area contributed by atoms with Gasteiger partial charge in [0.15, 0.2) is 18.1 Å². The Morgan fingerprint density at radius 3 is 2.54 bits per heavy atom. The Morgan fingerprint density at radius 1 is 1.38 bits per heavy atom. The topological polar surface area (TPSA) is 99.9 Å². The highest BCUT2D eigenvalue weighted by Crippen LogP contribution is 2.37. The molecular formula is C16H17ClN2O5. The van der Waals surface area contributed by atoms with Crippen LogP contribution in [0.2, 0.25) is 5.02 Å². The van der Waals surface area contributed by atoms with Gasteiger partial charge in [0.05, 0.1) is 11.6 Å². The van der Waals surface area contributed by atoms with Crippen molar-refractivity contribution in [2.24, 2.45) is 0 Å². The molecule has 0 saturated heterocycles. The van der Waals surface area contributed by atoms with Gasteiger partial charge in [0, 0.05) is 14.1 Å². The number of likely N-dealkylation sites (N-methyl/N-ethyl adjacent to an activating group) is 1. The van der Waals surface area contributed by atoms with Gasteiger partial charge in [0.1, 0.15) is 11.6 Å². The number of ether oxygens (including phenoxy) is 2. The number of nitrogens with zero attached hydrogens (tertiary/aromatic N) is 2. The van der Waals surface area contributed by atoms with Gasteiger partial charge in [-0.25, -0.2) is 4.79 Å². The van der Waals surface area contributed by atoms with Crippen molar-refractivity contribution in [2.75, 3.05) is 27.3 Å². The van der Waals surface area contributed by atoms with Crippen molar-refractivity contribution in [3.63, 3.8) is 0 Å². The second-order valence-electron chi connectivity index (χ2n) is 4.81. The van der Waals surface area contributed by atoms with E-state index in [2.05, 4.69) is 0 Å². The fourth-order valence-corrected chi connectivity index (χ4v) is 2.03. The summed E-state index contributed by atoms with van der Waals surface area (Å²) in [6, 6.07) is 4.81. The molecule has 0 aliphatic rings. The first-order chi connectivity index (χ1) is 11.3. The van der Waals surface area contributed by atoms with Crippen LogP contribution < -0.4 is 9.47 Å². The molecule has 0 bridgehead atoms. The van der Waals surface area contributed by atoms with Crippen LogP contribution in [0.4, 0.5) is 0 Å². The number of hydrogen-bond acceptors (Lipinski definition) is 5. The predicted octanol–water partition coefficient (Wildman–Crippen LogP) is 2.20. The molecule has 1 aromatic carbocycles. The van der Waals surface area contributed by atoms with Crippen LogP contribution in [-0.4, -0.2) is 49.2 Å². The van der Waals surface area contributed by atoms with E-state index >= 15 is 0 Å². The Labute approximate surface area is 144 Å². The van der Waals surface area contributed by atoms with Gasteiger partial charge in [0.25, 0.3) is 5.91 Å². The van der Waals surface area contributed by atoms with E-state index in [1.165, 1.54) is 37.2 Å². The lowest BCUT2D eigenvalue weighted by atomic mass is 10.1. The van der Waals surface area contributed by atoms with E-state index in [1.54, 1.807) is 6.92 Å². The summed E-state index contributed by atoms with van der Waals surface area (Å²) in [6.45, 7) is 1.47. The first-order valence-electron chi connectivity index (χ1n) is 6.94. The number of benzene rings is 1. The first kappa shape index (κ1) is 19.3. The molecule has 1 N–H and O–H groups in total. The second-order valence-corrected chi connectivity index (χ2v) is 5.22. The van der Waals surface area contributed by atoms with E-state index in [0.29, 0.717) is 12.2 Å². The van der Waals surface area contributed by atoms with Crippen LogP contribution in [0, 0.1) is 11.3 Å². The molecule has 0 aliphatic heterocycles. The zero-order chi connectivity index (χ0) is 18.3. The summed E-state index contributed by atoms with van der Waals surface area (Å²) in [4.78, 5) is 23.8. The zero-order valence-corrected chi connectivity index (χ0v) is 14.3. The molecule has 0 fully saturated rings. The van der Waals surface area contributed by atoms with Gasteiger partial charge in [-0.05, 0) is 30.7 Å². The van der Waals surface area contributed by atoms with Crippen LogP contribution in [0.25, 0.3) is 6.08 Å². The summed E-state index contributed by atoms with van der Waals surface area (Å²) in [5.41, 5.74) is 0.385. The number of carbonyl (C=O) groups is 2. The minimum atomic E-state index is -1.15. The Kier molecular flexibility index (Phi) is 7.08. The molecule has 24 heavy (non-hydrogen) atoms. The van der Waals surface area contributed by atoms with E-state index < -0.39 is 18.5 Å². The lowest BCUT2D eigenvalue weighted by Crippen LogP contribution is -2.22. The highest BCUT2D eigenvalue weighted by Gasteiger charge is 2.16. The van der Waals surface area contributed by atoms with Crippen LogP contribution in [0.15, 0.2) is 17.7 Å². The Bertz CT molecular complexity index is 707. The van der Waals surface area contributed by atoms with Crippen molar-refractivity contribution in [2.45, 2.75) is 6.92 Å². The number of halogens is 1. The number of carboxylic acid groups (broad SMARTS) is 1. The maximum atomic E-state index is 11.9. The molecule has 0 atom stereocenters. The van der Waals surface area contributed by atoms with Crippen molar-refractivity contribution in [3.8, 4) is 17.6 Å². The molecule has 1 amide bonds. The summed E-state index contributed by atoms with van der Waals surface area (Å²) in [5, 5.41) is 18.0. The summed E-state index contributed by atoms with van der Waals surface area (Å²) in [5.74, 6) is -1.28. The Balaban J connectivity index is 3.29. The average molecular weight is 353 g/mol. The molecule has 128 valence electrons. The van der Waals surface area contributed by atoms with Crippen molar-refractivity contribution in [1.29, 1.82) is 5.26 Å². The van der Waals surface area contributed by atoms with Crippen molar-refractivity contribution >= 4 is 29.6 Å². The van der Waals surface area contributed by atoms with Gasteiger partial charge in [-0.1, -0.05) is 11.6 Å². The zero-order valence-electron chi connectivity index (χ0n) is 13.5. The number of carboxylic acids is 1. The van der Waals surface area contributed by atoms with Crippen LogP contribution in [0.5, 0.6) is 11.5 Å². The highest BCUT2D eigenvalue weighted by molar-refractivity contribution is 6.32. The van der Waals surface area contributed by atoms with E-state index in [1.807, 2.05) is 6.07 Å². The standard InChI is InChI=1S/C16H17ClN2O5/c1-4-23-13-7-10(5-11(8-18)16(22)19(2)3)6-12(17)15(13)24-9-14(20)21/h5-7H,4,9H2,1-3H3,(H,20,21)/b11-5-. The Hall–Kier alpha value is -2.72. The quantitative estimate of drug-likeness (QED) is 0.596. The van der Waals surface area contributed by atoms with E-state index in [4.69, 9.17) is 31.4 Å². The summed E-state index contributed by atoms with van der Waals surface area (Å²) >= 11 is 6.12. The smallest absolute Gasteiger partial charge is 0.341 e. The number of hydrogen-bond donors (Lipinski definition) is 1. The summed E-state index contributed by atoms with van der Waals surface area (Å²) < 4.78 is 10.5. The molecule has 0 radical (unpaired) electrons. The molecule has 0 heterocycles. The molecular weight excluding hydrogens is 336 g/mol. The number of amides is 1. The van der Waals surface area contributed by atoms with Gasteiger partial charge in [-0.15, -0.1) is 0 Å². The minimum Gasteiger partial charge on any atom is -0.490 e. The van der Waals surface area contributed by atoms with Crippen LogP contribution >= 0.6 is 11.6 Å². The molecule has 0 spiro atoms. The van der Waals surface area contributed by atoms with Crippen LogP contribution in [-0.2, 0) is 9.59 Å². The normalized spacial score (nSPS) is 10.7. The largest absolute Gasteiger partial charge is 0.490 e. The number of carbonyl (C=O) groups excluding carboxylic acids is 1. The second kappa shape index (κ2) is 8.79. The van der Waals surface area contributed by atoms with Crippen molar-refractivity contribution in [3.05, 3.63) is 28.3 Å². The molecule has 0 unspecified atom stereocenters. The predicted molar refractivity (Wildman–Crippen MR) is 88.0 cm³/mol. The highest BCUT2D eigenvalue weighted by atomic mass is 35.5. The third-order valence-corrected chi connectivity index (χ3v) is 3.02. The maximum Gasteiger partial charge on any atom is 0.341 e. The molecule has 7 nitrogen and oxygen atoms in total. The van der Waals surface area contributed by atoms with Gasteiger partial charge in [-0.3, -0.25) is 4.79 Å². The number of aliphatic carboxylic acids is 1. The van der Waals surface area contributed by atoms with E-state index in [9.17, 15) is 9.59 Å². The minimum absolute atomic E-state index is 0.0716. The van der Waals surface area contributed by atoms with E-state index in [0.717, 1.165) is 0 Å². The first-order valence-corrected chi connectivity index (χ1v) is 7.32. The number of rotatable bonds is 7. The van der Waals surface area contributed by atoms with Gasteiger partial charge in [0.2, 0.25) is 0 Å². The lowest BCUT2D eigenvalue weighted by Gasteiger charge is -2.14. The van der Waals surface area contributed by atoms with E-state index in [-0.39, 0.29) is 22.1 Å². The monoisotopic (exact) mass is 352 g/mol. The third kappa shape index (κ3) is 5.18. The van der Waals surface area contributed by atoms with Crippen LogP contribution in [0.1, 0.15) is 12.5 Å². The fraction of sp³-hybridized carbons (Fsp3) is 0.312. The SMILES string of the molecule is CCOc1cc(/C=C(/C#N)C(=O)N(C)C)cc(Cl)c1OCC(=O)O. The van der Waals surface area contributed by atoms with Crippen LogP contribution in [0.3, 0.4) is 0 Å². The molecule has 0 aliphatic carbocycles. The van der Waals surface area contributed by atoms with Gasteiger partial charge < -0.3 is 19.5 Å². The molecule has 0 saturated carbocycles. The summed E-state index contributed by atoms with van der Waals surface area (Å²) in [7, 11) is 3.07. The third-order valence-electron chi connectivity index (χ3n) is 2.74. The maximum absolute atomic E-state index is 11.9. The van der Waals surface area contributed by atoms with Gasteiger partial charge in [-0.2, -0.15) is 5.26 Å². The van der Waals surface area contributed by atoms with Gasteiger partial charge >= 0.3 is 5.97 Å². The summed E-state index contributed by atoms with van der Waals surface area (Å²) in [6.07, 6.45) is 1.37. The fourth-order valence-electron chi connectivity index (χ4n) is 1.76. The molecule has 1 rings (SSSR count). The lowest BCUT2D eigenvalue weighted by molar-refractivity contribution is -0.139. The molecule has 0 aromatic heterocycles. The number of nitriles is 1. The Morgan fingerprint density at radius 2 is 2.04 bits per heavy atom.